The molecule has 0 fully saturated rings. The van der Waals surface area contributed by atoms with Gasteiger partial charge in [-0.2, -0.15) is 0 Å². The maximum absolute atomic E-state index is 9.49. The van der Waals surface area contributed by atoms with Crippen molar-refractivity contribution >= 4 is 22.0 Å². The molecule has 2 nitrogen and oxygen atoms in total. The molecule has 14 heavy (non-hydrogen) atoms. The van der Waals surface area contributed by atoms with Crippen molar-refractivity contribution in [2.45, 2.75) is 19.4 Å². The smallest absolute Gasteiger partial charge is 0.133 e. The summed E-state index contributed by atoms with van der Waals surface area (Å²) in [6.07, 6.45) is 4.00. The Labute approximate surface area is 91.3 Å². The Morgan fingerprint density at radius 3 is 2.79 bits per heavy atom. The molecule has 0 atom stereocenters. The molecule has 1 aromatic carbocycles. The largest absolute Gasteiger partial charge is 0.507 e. The lowest BCUT2D eigenvalue weighted by atomic mass is 10.0. The first-order chi connectivity index (χ1) is 6.48. The fourth-order valence-electron chi connectivity index (χ4n) is 1.38. The monoisotopic (exact) mass is 254 g/mol. The fourth-order valence-corrected chi connectivity index (χ4v) is 1.75. The average Bonchev–Trinajstić information content (AvgIpc) is 2.07. The van der Waals surface area contributed by atoms with Gasteiger partial charge in [0.1, 0.15) is 17.1 Å². The normalized spacial score (nSPS) is 17.4. The van der Waals surface area contributed by atoms with Gasteiger partial charge in [-0.3, -0.25) is 0 Å². The van der Waals surface area contributed by atoms with Crippen molar-refractivity contribution in [1.82, 2.24) is 0 Å². The van der Waals surface area contributed by atoms with Crippen LogP contribution in [0.2, 0.25) is 0 Å². The van der Waals surface area contributed by atoms with Gasteiger partial charge >= 0.3 is 0 Å². The molecular weight excluding hydrogens is 244 g/mol. The molecule has 0 amide bonds. The number of aromatic hydroxyl groups is 1. The number of ether oxygens (including phenoxy) is 1. The highest BCUT2D eigenvalue weighted by atomic mass is 79.9. The summed E-state index contributed by atoms with van der Waals surface area (Å²) in [5, 5.41) is 9.49. The zero-order chi connectivity index (χ0) is 10.3. The van der Waals surface area contributed by atoms with Gasteiger partial charge in [-0.1, -0.05) is 6.08 Å². The first kappa shape index (κ1) is 9.59. The Morgan fingerprint density at radius 2 is 2.07 bits per heavy atom. The summed E-state index contributed by atoms with van der Waals surface area (Å²) in [5.41, 5.74) is 0.682. The van der Waals surface area contributed by atoms with Crippen LogP contribution in [0.1, 0.15) is 19.4 Å². The summed E-state index contributed by atoms with van der Waals surface area (Å²) in [4.78, 5) is 0. The lowest BCUT2D eigenvalue weighted by Gasteiger charge is -2.27. The van der Waals surface area contributed by atoms with Gasteiger partial charge < -0.3 is 9.84 Å². The summed E-state index contributed by atoms with van der Waals surface area (Å²) in [7, 11) is 0. The molecule has 0 unspecified atom stereocenters. The van der Waals surface area contributed by atoms with E-state index in [0.29, 0.717) is 4.47 Å². The number of halogens is 1. The van der Waals surface area contributed by atoms with E-state index in [2.05, 4.69) is 15.9 Å². The van der Waals surface area contributed by atoms with Crippen molar-refractivity contribution in [2.75, 3.05) is 0 Å². The Balaban J connectivity index is 2.52. The van der Waals surface area contributed by atoms with Crippen molar-refractivity contribution < 1.29 is 9.84 Å². The van der Waals surface area contributed by atoms with E-state index >= 15 is 0 Å². The lowest BCUT2D eigenvalue weighted by Crippen LogP contribution is -2.27. The summed E-state index contributed by atoms with van der Waals surface area (Å²) in [6, 6.07) is 3.47. The standard InChI is InChI=1S/C11H11BrO2/c1-11(2)4-3-7-5-8(12)9(13)6-10(7)14-11/h3-6,13H,1-2H3. The molecule has 0 radical (unpaired) electrons. The van der Waals surface area contributed by atoms with Crippen LogP contribution in [0.25, 0.3) is 6.08 Å². The van der Waals surface area contributed by atoms with Crippen LogP contribution in [-0.2, 0) is 0 Å². The van der Waals surface area contributed by atoms with E-state index in [1.807, 2.05) is 32.1 Å². The Kier molecular flexibility index (Phi) is 2.07. The van der Waals surface area contributed by atoms with E-state index in [1.165, 1.54) is 0 Å². The molecule has 0 saturated heterocycles. The number of phenols is 1. The molecule has 0 bridgehead atoms. The van der Waals surface area contributed by atoms with Crippen LogP contribution in [0.3, 0.4) is 0 Å². The summed E-state index contributed by atoms with van der Waals surface area (Å²) >= 11 is 3.26. The van der Waals surface area contributed by atoms with Gasteiger partial charge in [0.05, 0.1) is 4.47 Å². The summed E-state index contributed by atoms with van der Waals surface area (Å²) in [6.45, 7) is 3.96. The SMILES string of the molecule is CC1(C)C=Cc2cc(Br)c(O)cc2O1. The van der Waals surface area contributed by atoms with E-state index < -0.39 is 0 Å². The van der Waals surface area contributed by atoms with Crippen LogP contribution >= 0.6 is 15.9 Å². The minimum absolute atomic E-state index is 0.204. The molecule has 3 heteroatoms. The summed E-state index contributed by atoms with van der Waals surface area (Å²) < 4.78 is 6.37. The van der Waals surface area contributed by atoms with E-state index in [4.69, 9.17) is 4.74 Å². The molecule has 0 aromatic heterocycles. The predicted octanol–water partition coefficient (Wildman–Crippen LogP) is 3.34. The second-order valence-electron chi connectivity index (χ2n) is 3.88. The van der Waals surface area contributed by atoms with Crippen LogP contribution in [0.5, 0.6) is 11.5 Å². The van der Waals surface area contributed by atoms with E-state index in [9.17, 15) is 5.11 Å². The molecule has 1 aliphatic rings. The zero-order valence-corrected chi connectivity index (χ0v) is 9.63. The van der Waals surface area contributed by atoms with Gasteiger partial charge in [0.15, 0.2) is 0 Å². The van der Waals surface area contributed by atoms with Gasteiger partial charge in [-0.05, 0) is 41.9 Å². The number of benzene rings is 1. The van der Waals surface area contributed by atoms with Crippen molar-refractivity contribution in [3.63, 3.8) is 0 Å². The first-order valence-corrected chi connectivity index (χ1v) is 5.18. The Bertz CT molecular complexity index is 408. The van der Waals surface area contributed by atoms with Gasteiger partial charge in [-0.25, -0.2) is 0 Å². The van der Waals surface area contributed by atoms with Crippen LogP contribution in [0.15, 0.2) is 22.7 Å². The van der Waals surface area contributed by atoms with Gasteiger partial charge in [0.2, 0.25) is 0 Å². The fraction of sp³-hybridized carbons (Fsp3) is 0.273. The van der Waals surface area contributed by atoms with Crippen molar-refractivity contribution in [3.05, 3.63) is 28.2 Å². The zero-order valence-electron chi connectivity index (χ0n) is 8.04. The molecule has 0 spiro atoms. The summed E-state index contributed by atoms with van der Waals surface area (Å²) in [5.74, 6) is 0.924. The minimum Gasteiger partial charge on any atom is -0.507 e. The number of rotatable bonds is 0. The van der Waals surface area contributed by atoms with Crippen LogP contribution in [-0.4, -0.2) is 10.7 Å². The highest BCUT2D eigenvalue weighted by Gasteiger charge is 2.22. The second-order valence-corrected chi connectivity index (χ2v) is 4.73. The van der Waals surface area contributed by atoms with E-state index in [-0.39, 0.29) is 11.4 Å². The van der Waals surface area contributed by atoms with Crippen molar-refractivity contribution in [1.29, 1.82) is 0 Å². The lowest BCUT2D eigenvalue weighted by molar-refractivity contribution is 0.158. The molecule has 0 aliphatic carbocycles. The van der Waals surface area contributed by atoms with Gasteiger partial charge in [-0.15, -0.1) is 0 Å². The van der Waals surface area contributed by atoms with Gasteiger partial charge in [0.25, 0.3) is 0 Å². The van der Waals surface area contributed by atoms with Gasteiger partial charge in [0, 0.05) is 11.6 Å². The topological polar surface area (TPSA) is 29.5 Å². The number of hydrogen-bond acceptors (Lipinski definition) is 2. The third kappa shape index (κ3) is 1.64. The molecule has 2 rings (SSSR count). The molecule has 1 heterocycles. The van der Waals surface area contributed by atoms with Crippen molar-refractivity contribution in [2.24, 2.45) is 0 Å². The Hall–Kier alpha value is -0.960. The second kappa shape index (κ2) is 3.02. The number of hydrogen-bond donors (Lipinski definition) is 1. The molecule has 1 aliphatic heterocycles. The van der Waals surface area contributed by atoms with Crippen LogP contribution in [0.4, 0.5) is 0 Å². The quantitative estimate of drug-likeness (QED) is 0.770. The Morgan fingerprint density at radius 1 is 1.36 bits per heavy atom. The van der Waals surface area contributed by atoms with Crippen molar-refractivity contribution in [3.8, 4) is 11.5 Å². The van der Waals surface area contributed by atoms with Crippen LogP contribution < -0.4 is 4.74 Å². The third-order valence-corrected chi connectivity index (χ3v) is 2.75. The predicted molar refractivity (Wildman–Crippen MR) is 59.5 cm³/mol. The molecule has 74 valence electrons. The average molecular weight is 255 g/mol. The molecule has 1 aromatic rings. The van der Waals surface area contributed by atoms with Crippen LogP contribution in [0, 0.1) is 0 Å². The van der Waals surface area contributed by atoms with E-state index in [1.54, 1.807) is 6.07 Å². The molecule has 0 saturated carbocycles. The first-order valence-electron chi connectivity index (χ1n) is 4.39. The number of fused-ring (bicyclic) bond motifs is 1. The minimum atomic E-state index is -0.298. The molecule has 1 N–H and O–H groups in total. The molecular formula is C11H11BrO2. The highest BCUT2D eigenvalue weighted by molar-refractivity contribution is 9.10. The maximum Gasteiger partial charge on any atom is 0.133 e. The van der Waals surface area contributed by atoms with E-state index in [0.717, 1.165) is 11.3 Å². The highest BCUT2D eigenvalue weighted by Crippen LogP contribution is 2.37. The maximum atomic E-state index is 9.49. The third-order valence-electron chi connectivity index (χ3n) is 2.12. The number of phenolic OH excluding ortho intramolecular Hbond substituents is 1.